The van der Waals surface area contributed by atoms with E-state index < -0.39 is 0 Å². The van der Waals surface area contributed by atoms with Crippen LogP contribution in [0.1, 0.15) is 42.9 Å². The Bertz CT molecular complexity index is 668. The Kier molecular flexibility index (Phi) is 5.41. The van der Waals surface area contributed by atoms with Crippen molar-refractivity contribution in [1.29, 1.82) is 0 Å². The maximum atomic E-state index is 5.45. The van der Waals surface area contributed by atoms with Gasteiger partial charge >= 0.3 is 0 Å². The van der Waals surface area contributed by atoms with E-state index in [1.807, 2.05) is 24.0 Å². The average molecular weight is 329 g/mol. The molecule has 0 amide bonds. The molecule has 5 heteroatoms. The van der Waals surface area contributed by atoms with E-state index in [0.29, 0.717) is 6.04 Å². The van der Waals surface area contributed by atoms with E-state index in [1.54, 1.807) is 14.2 Å². The minimum atomic E-state index is 0.439. The van der Waals surface area contributed by atoms with Crippen LogP contribution in [0.4, 0.5) is 0 Å². The molecule has 1 aromatic carbocycles. The first-order valence-corrected chi connectivity index (χ1v) is 8.64. The monoisotopic (exact) mass is 329 g/mol. The normalized spacial score (nSPS) is 19.0. The second kappa shape index (κ2) is 7.71. The smallest absolute Gasteiger partial charge is 0.161 e. The number of benzene rings is 1. The summed E-state index contributed by atoms with van der Waals surface area (Å²) in [4.78, 5) is 2.57. The van der Waals surface area contributed by atoms with E-state index in [1.165, 1.54) is 36.8 Å². The molecule has 0 radical (unpaired) electrons. The Hall–Kier alpha value is -2.01. The number of methoxy groups -OCH3 is 2. The van der Waals surface area contributed by atoms with Gasteiger partial charge in [0, 0.05) is 31.4 Å². The van der Waals surface area contributed by atoms with Crippen molar-refractivity contribution in [3.05, 3.63) is 41.7 Å². The standard InChI is InChI=1S/C19H27N3O2/c1-21-14-16(12-20-21)17-7-5-4-6-10-22(17)13-15-8-9-18(23-2)19(11-15)24-3/h8-9,11-12,14,17H,4-7,10,13H2,1-3H3/t17-/m0/s1. The van der Waals surface area contributed by atoms with Gasteiger partial charge in [-0.2, -0.15) is 5.10 Å². The predicted molar refractivity (Wildman–Crippen MR) is 94.4 cm³/mol. The van der Waals surface area contributed by atoms with Gasteiger partial charge in [0.05, 0.1) is 20.4 Å². The summed E-state index contributed by atoms with van der Waals surface area (Å²) in [5.41, 5.74) is 2.57. The van der Waals surface area contributed by atoms with Gasteiger partial charge in [-0.3, -0.25) is 9.58 Å². The number of aromatic nitrogens is 2. The Balaban J connectivity index is 1.82. The van der Waals surface area contributed by atoms with Gasteiger partial charge in [0.1, 0.15) is 0 Å². The fourth-order valence-corrected chi connectivity index (χ4v) is 3.56. The van der Waals surface area contributed by atoms with Gasteiger partial charge in [-0.1, -0.05) is 18.9 Å². The summed E-state index contributed by atoms with van der Waals surface area (Å²) in [6.45, 7) is 2.04. The Morgan fingerprint density at radius 2 is 1.96 bits per heavy atom. The van der Waals surface area contributed by atoms with Gasteiger partial charge < -0.3 is 9.47 Å². The second-order valence-corrected chi connectivity index (χ2v) is 6.47. The molecule has 1 aromatic heterocycles. The van der Waals surface area contributed by atoms with Crippen LogP contribution in [0.3, 0.4) is 0 Å². The quantitative estimate of drug-likeness (QED) is 0.841. The molecular formula is C19H27N3O2. The third kappa shape index (κ3) is 3.73. The highest BCUT2D eigenvalue weighted by molar-refractivity contribution is 5.42. The van der Waals surface area contributed by atoms with E-state index in [0.717, 1.165) is 24.6 Å². The maximum Gasteiger partial charge on any atom is 0.161 e. The van der Waals surface area contributed by atoms with Crippen LogP contribution in [0, 0.1) is 0 Å². The SMILES string of the molecule is COc1ccc(CN2CCCCC[C@H]2c2cnn(C)c2)cc1OC. The highest BCUT2D eigenvalue weighted by Gasteiger charge is 2.24. The summed E-state index contributed by atoms with van der Waals surface area (Å²) in [5.74, 6) is 1.57. The maximum absolute atomic E-state index is 5.45. The van der Waals surface area contributed by atoms with E-state index in [-0.39, 0.29) is 0 Å². The van der Waals surface area contributed by atoms with Gasteiger partial charge in [-0.25, -0.2) is 0 Å². The fourth-order valence-electron chi connectivity index (χ4n) is 3.56. The van der Waals surface area contributed by atoms with E-state index >= 15 is 0 Å². The predicted octanol–water partition coefficient (Wildman–Crippen LogP) is 3.55. The van der Waals surface area contributed by atoms with Gasteiger partial charge in [0.25, 0.3) is 0 Å². The zero-order valence-electron chi connectivity index (χ0n) is 14.9. The fraction of sp³-hybridized carbons (Fsp3) is 0.526. The molecule has 130 valence electrons. The summed E-state index contributed by atoms with van der Waals surface area (Å²) in [7, 11) is 5.34. The molecule has 1 aliphatic heterocycles. The van der Waals surface area contributed by atoms with Crippen LogP contribution >= 0.6 is 0 Å². The lowest BCUT2D eigenvalue weighted by Crippen LogP contribution is -2.28. The minimum Gasteiger partial charge on any atom is -0.493 e. The van der Waals surface area contributed by atoms with Crippen LogP contribution in [0.15, 0.2) is 30.6 Å². The molecule has 5 nitrogen and oxygen atoms in total. The number of hydrogen-bond donors (Lipinski definition) is 0. The van der Waals surface area contributed by atoms with Crippen LogP contribution in [0.5, 0.6) is 11.5 Å². The van der Waals surface area contributed by atoms with Crippen molar-refractivity contribution in [3.8, 4) is 11.5 Å². The first-order chi connectivity index (χ1) is 11.7. The van der Waals surface area contributed by atoms with Crippen molar-refractivity contribution in [3.63, 3.8) is 0 Å². The molecule has 0 aliphatic carbocycles. The molecule has 1 aliphatic rings. The van der Waals surface area contributed by atoms with Crippen molar-refractivity contribution in [2.24, 2.45) is 7.05 Å². The third-order valence-corrected chi connectivity index (χ3v) is 4.81. The second-order valence-electron chi connectivity index (χ2n) is 6.47. The van der Waals surface area contributed by atoms with Crippen molar-refractivity contribution in [2.45, 2.75) is 38.3 Å². The third-order valence-electron chi connectivity index (χ3n) is 4.81. The number of nitrogens with zero attached hydrogens (tertiary/aromatic N) is 3. The van der Waals surface area contributed by atoms with Crippen molar-refractivity contribution in [2.75, 3.05) is 20.8 Å². The first-order valence-electron chi connectivity index (χ1n) is 8.64. The summed E-state index contributed by atoms with van der Waals surface area (Å²) in [6, 6.07) is 6.65. The lowest BCUT2D eigenvalue weighted by molar-refractivity contribution is 0.192. The lowest BCUT2D eigenvalue weighted by Gasteiger charge is -2.29. The van der Waals surface area contributed by atoms with Crippen molar-refractivity contribution >= 4 is 0 Å². The molecule has 0 unspecified atom stereocenters. The molecule has 2 heterocycles. The Morgan fingerprint density at radius 1 is 1.12 bits per heavy atom. The van der Waals surface area contributed by atoms with E-state index in [9.17, 15) is 0 Å². The first kappa shape index (κ1) is 16.8. The summed E-state index contributed by atoms with van der Waals surface area (Å²) in [6.07, 6.45) is 9.19. The highest BCUT2D eigenvalue weighted by Crippen LogP contribution is 2.33. The number of likely N-dealkylation sites (tertiary alicyclic amines) is 1. The molecule has 24 heavy (non-hydrogen) atoms. The number of ether oxygens (including phenoxy) is 2. The highest BCUT2D eigenvalue weighted by atomic mass is 16.5. The Labute approximate surface area is 144 Å². The molecule has 0 spiro atoms. The van der Waals surface area contributed by atoms with Crippen molar-refractivity contribution in [1.82, 2.24) is 14.7 Å². The summed E-state index contributed by atoms with van der Waals surface area (Å²) >= 11 is 0. The zero-order valence-corrected chi connectivity index (χ0v) is 14.9. The van der Waals surface area contributed by atoms with Crippen LogP contribution in [-0.2, 0) is 13.6 Å². The van der Waals surface area contributed by atoms with Crippen LogP contribution in [0.2, 0.25) is 0 Å². The van der Waals surface area contributed by atoms with Crippen molar-refractivity contribution < 1.29 is 9.47 Å². The molecule has 1 atom stereocenters. The van der Waals surface area contributed by atoms with Gasteiger partial charge in [-0.05, 0) is 37.1 Å². The van der Waals surface area contributed by atoms with E-state index in [2.05, 4.69) is 28.3 Å². The molecule has 0 N–H and O–H groups in total. The summed E-state index contributed by atoms with van der Waals surface area (Å²) in [5, 5.41) is 4.37. The average Bonchev–Trinajstić information content (AvgIpc) is 2.89. The number of aryl methyl sites for hydroxylation is 1. The van der Waals surface area contributed by atoms with Crippen LogP contribution < -0.4 is 9.47 Å². The number of rotatable bonds is 5. The molecule has 2 aromatic rings. The van der Waals surface area contributed by atoms with E-state index in [4.69, 9.17) is 9.47 Å². The molecule has 0 bridgehead atoms. The largest absolute Gasteiger partial charge is 0.493 e. The lowest BCUT2D eigenvalue weighted by atomic mass is 10.0. The molecule has 0 saturated carbocycles. The van der Waals surface area contributed by atoms with Gasteiger partial charge in [-0.15, -0.1) is 0 Å². The van der Waals surface area contributed by atoms with Gasteiger partial charge in [0.2, 0.25) is 0 Å². The molecule has 3 rings (SSSR count). The van der Waals surface area contributed by atoms with Crippen LogP contribution in [0.25, 0.3) is 0 Å². The topological polar surface area (TPSA) is 39.5 Å². The summed E-state index contributed by atoms with van der Waals surface area (Å²) < 4.78 is 12.7. The zero-order chi connectivity index (χ0) is 16.9. The molecular weight excluding hydrogens is 302 g/mol. The Morgan fingerprint density at radius 3 is 2.67 bits per heavy atom. The molecule has 1 saturated heterocycles. The van der Waals surface area contributed by atoms with Crippen LogP contribution in [-0.4, -0.2) is 35.4 Å². The molecule has 1 fully saturated rings. The minimum absolute atomic E-state index is 0.439. The van der Waals surface area contributed by atoms with Gasteiger partial charge in [0.15, 0.2) is 11.5 Å². The number of hydrogen-bond acceptors (Lipinski definition) is 4.